The van der Waals surface area contributed by atoms with Gasteiger partial charge in [-0.25, -0.2) is 4.39 Å². The Morgan fingerprint density at radius 3 is 2.44 bits per heavy atom. The molecule has 6 heteroatoms. The summed E-state index contributed by atoms with van der Waals surface area (Å²) in [7, 11) is 1.41. The van der Waals surface area contributed by atoms with Crippen molar-refractivity contribution in [3.63, 3.8) is 0 Å². The van der Waals surface area contributed by atoms with Crippen LogP contribution in [0.25, 0.3) is 0 Å². The lowest BCUT2D eigenvalue weighted by Crippen LogP contribution is -2.33. The zero-order valence-corrected chi connectivity index (χ0v) is 18.8. The highest BCUT2D eigenvalue weighted by Crippen LogP contribution is 2.41. The molecule has 1 fully saturated rings. The van der Waals surface area contributed by atoms with Gasteiger partial charge in [0, 0.05) is 12.8 Å². The van der Waals surface area contributed by atoms with Crippen LogP contribution >= 0.6 is 0 Å². The summed E-state index contributed by atoms with van der Waals surface area (Å²) in [4.78, 5) is 25.1. The molecule has 0 spiro atoms. The minimum atomic E-state index is -1.13. The lowest BCUT2D eigenvalue weighted by Gasteiger charge is -2.27. The first-order chi connectivity index (χ1) is 15.4. The van der Waals surface area contributed by atoms with Crippen molar-refractivity contribution < 1.29 is 28.6 Å². The van der Waals surface area contributed by atoms with Crippen LogP contribution in [0, 0.1) is 18.2 Å². The molecule has 0 bridgehead atoms. The monoisotopic (exact) mass is 442 g/mol. The highest BCUT2D eigenvalue weighted by Gasteiger charge is 2.41. The number of hydrogen-bond acceptors (Lipinski definition) is 4. The van der Waals surface area contributed by atoms with Crippen LogP contribution in [0.3, 0.4) is 0 Å². The largest absolute Gasteiger partial charge is 0.493 e. The maximum atomic E-state index is 15.3. The number of methoxy groups -OCH3 is 1. The first-order valence-corrected chi connectivity index (χ1v) is 11.2. The maximum absolute atomic E-state index is 15.3. The van der Waals surface area contributed by atoms with Gasteiger partial charge in [-0.05, 0) is 37.5 Å². The van der Waals surface area contributed by atoms with E-state index >= 15 is 4.39 Å². The molecule has 1 N–H and O–H groups in total. The van der Waals surface area contributed by atoms with E-state index in [1.54, 1.807) is 0 Å². The Morgan fingerprint density at radius 1 is 1.09 bits per heavy atom. The summed E-state index contributed by atoms with van der Waals surface area (Å²) < 4.78 is 26.3. The standard InChI is InChI=1S/C26H31FO5/c1-18-8-7-9-19(16-18)12-15-32-24-22(31-2)11-10-20(23(24)27)21(28)17-26(25(29)30)13-5-3-4-6-14-26/h7-11,16H,3-6,12-15,17H2,1-2H3,(H,29,30). The van der Waals surface area contributed by atoms with Gasteiger partial charge in [-0.15, -0.1) is 0 Å². The molecular formula is C26H31FO5. The van der Waals surface area contributed by atoms with E-state index in [0.29, 0.717) is 19.3 Å². The molecule has 5 nitrogen and oxygen atoms in total. The molecule has 0 aromatic heterocycles. The van der Waals surface area contributed by atoms with Crippen LogP contribution < -0.4 is 9.47 Å². The van der Waals surface area contributed by atoms with Crippen molar-refractivity contribution in [2.45, 2.75) is 58.3 Å². The number of aryl methyl sites for hydroxylation is 1. The molecule has 0 unspecified atom stereocenters. The predicted molar refractivity (Wildman–Crippen MR) is 120 cm³/mol. The minimum Gasteiger partial charge on any atom is -0.493 e. The fourth-order valence-corrected chi connectivity index (χ4v) is 4.46. The van der Waals surface area contributed by atoms with Crippen molar-refractivity contribution >= 4 is 11.8 Å². The van der Waals surface area contributed by atoms with Crippen LogP contribution in [-0.4, -0.2) is 30.6 Å². The summed E-state index contributed by atoms with van der Waals surface area (Å²) in [5.41, 5.74) is 0.908. The molecule has 3 rings (SSSR count). The van der Waals surface area contributed by atoms with Crippen molar-refractivity contribution in [3.05, 3.63) is 58.9 Å². The van der Waals surface area contributed by atoms with Crippen LogP contribution in [0.1, 0.15) is 66.4 Å². The Balaban J connectivity index is 1.79. The molecule has 0 radical (unpaired) electrons. The van der Waals surface area contributed by atoms with Crippen LogP contribution in [0.2, 0.25) is 0 Å². The molecule has 1 aliphatic rings. The molecule has 0 saturated heterocycles. The van der Waals surface area contributed by atoms with Gasteiger partial charge in [0.1, 0.15) is 0 Å². The van der Waals surface area contributed by atoms with E-state index in [0.717, 1.165) is 36.8 Å². The Bertz CT molecular complexity index is 961. The second-order valence-electron chi connectivity index (χ2n) is 8.65. The van der Waals surface area contributed by atoms with Gasteiger partial charge >= 0.3 is 5.97 Å². The first kappa shape index (κ1) is 23.8. The van der Waals surface area contributed by atoms with Gasteiger partial charge in [0.05, 0.1) is 24.7 Å². The predicted octanol–water partition coefficient (Wildman–Crippen LogP) is 5.76. The number of carbonyl (C=O) groups excluding carboxylic acids is 1. The van der Waals surface area contributed by atoms with Crippen LogP contribution in [0.4, 0.5) is 4.39 Å². The highest BCUT2D eigenvalue weighted by molar-refractivity contribution is 5.99. The minimum absolute atomic E-state index is 0.115. The Morgan fingerprint density at radius 2 is 1.81 bits per heavy atom. The van der Waals surface area contributed by atoms with Crippen molar-refractivity contribution in [2.24, 2.45) is 5.41 Å². The van der Waals surface area contributed by atoms with E-state index in [-0.39, 0.29) is 30.1 Å². The highest BCUT2D eigenvalue weighted by atomic mass is 19.1. The lowest BCUT2D eigenvalue weighted by atomic mass is 9.75. The van der Waals surface area contributed by atoms with Gasteiger partial charge in [0.2, 0.25) is 0 Å². The number of ether oxygens (including phenoxy) is 2. The second-order valence-corrected chi connectivity index (χ2v) is 8.65. The number of carboxylic acids is 1. The molecule has 2 aromatic rings. The van der Waals surface area contributed by atoms with E-state index in [1.807, 2.05) is 31.2 Å². The van der Waals surface area contributed by atoms with Gasteiger partial charge in [-0.2, -0.15) is 0 Å². The third kappa shape index (κ3) is 5.47. The molecule has 1 aliphatic carbocycles. The summed E-state index contributed by atoms with van der Waals surface area (Å²) >= 11 is 0. The van der Waals surface area contributed by atoms with E-state index in [2.05, 4.69) is 0 Å². The van der Waals surface area contributed by atoms with E-state index in [4.69, 9.17) is 9.47 Å². The molecule has 0 amide bonds. The summed E-state index contributed by atoms with van der Waals surface area (Å²) in [5.74, 6) is -2.20. The van der Waals surface area contributed by atoms with E-state index in [1.165, 1.54) is 19.2 Å². The lowest BCUT2D eigenvalue weighted by molar-refractivity contribution is -0.149. The van der Waals surface area contributed by atoms with Crippen LogP contribution in [0.5, 0.6) is 11.5 Å². The van der Waals surface area contributed by atoms with Gasteiger partial charge in [0.25, 0.3) is 0 Å². The van der Waals surface area contributed by atoms with Gasteiger partial charge < -0.3 is 14.6 Å². The van der Waals surface area contributed by atoms with Crippen molar-refractivity contribution in [1.29, 1.82) is 0 Å². The number of hydrogen-bond donors (Lipinski definition) is 1. The topological polar surface area (TPSA) is 72.8 Å². The summed E-state index contributed by atoms with van der Waals surface area (Å²) in [5, 5.41) is 9.87. The zero-order valence-electron chi connectivity index (χ0n) is 18.8. The summed E-state index contributed by atoms with van der Waals surface area (Å²) in [6.07, 6.45) is 4.67. The third-order valence-corrected chi connectivity index (χ3v) is 6.31. The second kappa shape index (κ2) is 10.6. The van der Waals surface area contributed by atoms with E-state index in [9.17, 15) is 14.7 Å². The molecular weight excluding hydrogens is 411 g/mol. The fraction of sp³-hybridized carbons (Fsp3) is 0.462. The SMILES string of the molecule is COc1ccc(C(=O)CC2(C(=O)O)CCCCCC2)c(F)c1OCCc1cccc(C)c1. The van der Waals surface area contributed by atoms with Crippen LogP contribution in [-0.2, 0) is 11.2 Å². The quantitative estimate of drug-likeness (QED) is 0.395. The summed E-state index contributed by atoms with van der Waals surface area (Å²) in [6, 6.07) is 10.8. The molecule has 2 aromatic carbocycles. The molecule has 32 heavy (non-hydrogen) atoms. The zero-order chi connectivity index (χ0) is 23.1. The molecule has 1 saturated carbocycles. The smallest absolute Gasteiger partial charge is 0.310 e. The molecule has 0 heterocycles. The Labute approximate surface area is 188 Å². The van der Waals surface area contributed by atoms with Crippen molar-refractivity contribution in [3.8, 4) is 11.5 Å². The van der Waals surface area contributed by atoms with Crippen molar-refractivity contribution in [1.82, 2.24) is 0 Å². The number of rotatable bonds is 9. The van der Waals surface area contributed by atoms with Gasteiger partial charge in [-0.1, -0.05) is 55.5 Å². The van der Waals surface area contributed by atoms with Gasteiger partial charge in [-0.3, -0.25) is 9.59 Å². The summed E-state index contributed by atoms with van der Waals surface area (Å²) in [6.45, 7) is 2.22. The van der Waals surface area contributed by atoms with Crippen LogP contribution in [0.15, 0.2) is 36.4 Å². The average Bonchev–Trinajstić information content (AvgIpc) is 3.01. The average molecular weight is 443 g/mol. The maximum Gasteiger partial charge on any atom is 0.310 e. The number of ketones is 1. The van der Waals surface area contributed by atoms with Gasteiger partial charge in [0.15, 0.2) is 23.1 Å². The number of carboxylic acid groups (broad SMARTS) is 1. The fourth-order valence-electron chi connectivity index (χ4n) is 4.46. The Kier molecular flexibility index (Phi) is 7.89. The number of benzene rings is 2. The Hall–Kier alpha value is -2.89. The number of halogens is 1. The third-order valence-electron chi connectivity index (χ3n) is 6.31. The molecule has 0 atom stereocenters. The number of aliphatic carboxylic acids is 1. The van der Waals surface area contributed by atoms with E-state index < -0.39 is 23.0 Å². The molecule has 172 valence electrons. The number of carbonyl (C=O) groups is 2. The normalized spacial score (nSPS) is 15.6. The molecule has 0 aliphatic heterocycles. The first-order valence-electron chi connectivity index (χ1n) is 11.2. The number of Topliss-reactive ketones (excluding diaryl/α,β-unsaturated/α-hetero) is 1. The van der Waals surface area contributed by atoms with Crippen molar-refractivity contribution in [2.75, 3.05) is 13.7 Å².